The Labute approximate surface area is 125 Å². The number of pyridine rings is 1. The summed E-state index contributed by atoms with van der Waals surface area (Å²) in [5.41, 5.74) is 1.82. The van der Waals surface area contributed by atoms with Crippen LogP contribution in [-0.4, -0.2) is 10.1 Å². The van der Waals surface area contributed by atoms with Gasteiger partial charge in [0.1, 0.15) is 6.10 Å². The molecule has 0 aliphatic heterocycles. The molecule has 1 N–H and O–H groups in total. The minimum Gasteiger partial charge on any atom is -0.384 e. The lowest BCUT2D eigenvalue weighted by atomic mass is 9.97. The molecule has 2 nitrogen and oxygen atoms in total. The third-order valence-electron chi connectivity index (χ3n) is 3.19. The summed E-state index contributed by atoms with van der Waals surface area (Å²) in [4.78, 5) is 4.12. The molecule has 3 heteroatoms. The molecule has 0 saturated carbocycles. The maximum Gasteiger partial charge on any atom is 0.105 e. The van der Waals surface area contributed by atoms with Crippen molar-refractivity contribution in [3.8, 4) is 0 Å². The largest absolute Gasteiger partial charge is 0.384 e. The molecule has 0 bridgehead atoms. The van der Waals surface area contributed by atoms with Crippen LogP contribution in [0.2, 0.25) is 0 Å². The lowest BCUT2D eigenvalue weighted by molar-refractivity contribution is 0.222. The van der Waals surface area contributed by atoms with Gasteiger partial charge in [-0.3, -0.25) is 4.98 Å². The standard InChI is InChI=1S/C16H12INO/c17-13-6-4-11(5-7-13)16(19)15-3-1-2-12-10-18-9-8-14(12)15/h1-10,16,19H. The summed E-state index contributed by atoms with van der Waals surface area (Å²) in [7, 11) is 0. The highest BCUT2D eigenvalue weighted by molar-refractivity contribution is 14.1. The predicted octanol–water partition coefficient (Wildman–Crippen LogP) is 3.92. The van der Waals surface area contributed by atoms with Crippen molar-refractivity contribution in [2.45, 2.75) is 6.10 Å². The van der Waals surface area contributed by atoms with E-state index in [9.17, 15) is 5.11 Å². The summed E-state index contributed by atoms with van der Waals surface area (Å²) in [6, 6.07) is 15.8. The second-order valence-electron chi connectivity index (χ2n) is 4.40. The maximum atomic E-state index is 10.6. The lowest BCUT2D eigenvalue weighted by Gasteiger charge is -2.14. The van der Waals surface area contributed by atoms with Gasteiger partial charge in [-0.2, -0.15) is 0 Å². The highest BCUT2D eigenvalue weighted by atomic mass is 127. The van der Waals surface area contributed by atoms with E-state index in [-0.39, 0.29) is 0 Å². The molecule has 19 heavy (non-hydrogen) atoms. The average Bonchev–Trinajstić information content (AvgIpc) is 2.47. The van der Waals surface area contributed by atoms with Crippen LogP contribution in [0.15, 0.2) is 60.9 Å². The zero-order chi connectivity index (χ0) is 13.2. The highest BCUT2D eigenvalue weighted by Gasteiger charge is 2.13. The summed E-state index contributed by atoms with van der Waals surface area (Å²) < 4.78 is 1.16. The first-order valence-corrected chi connectivity index (χ1v) is 7.10. The Morgan fingerprint density at radius 2 is 1.79 bits per heavy atom. The van der Waals surface area contributed by atoms with Crippen molar-refractivity contribution in [1.82, 2.24) is 4.98 Å². The molecule has 0 radical (unpaired) electrons. The van der Waals surface area contributed by atoms with Crippen LogP contribution >= 0.6 is 22.6 Å². The Morgan fingerprint density at radius 1 is 1.00 bits per heavy atom. The van der Waals surface area contributed by atoms with E-state index in [1.807, 2.05) is 54.7 Å². The molecular weight excluding hydrogens is 349 g/mol. The van der Waals surface area contributed by atoms with E-state index in [2.05, 4.69) is 27.6 Å². The summed E-state index contributed by atoms with van der Waals surface area (Å²) >= 11 is 2.26. The van der Waals surface area contributed by atoms with Gasteiger partial charge in [0, 0.05) is 21.4 Å². The molecule has 1 unspecified atom stereocenters. The number of hydrogen-bond acceptors (Lipinski definition) is 2. The molecule has 1 aromatic heterocycles. The van der Waals surface area contributed by atoms with Gasteiger partial charge in [-0.05, 0) is 57.3 Å². The number of aliphatic hydroxyl groups excluding tert-OH is 1. The van der Waals surface area contributed by atoms with Crippen LogP contribution in [0.5, 0.6) is 0 Å². The van der Waals surface area contributed by atoms with Crippen LogP contribution < -0.4 is 0 Å². The number of halogens is 1. The maximum absolute atomic E-state index is 10.6. The van der Waals surface area contributed by atoms with Crippen LogP contribution in [0.3, 0.4) is 0 Å². The van der Waals surface area contributed by atoms with Gasteiger partial charge in [0.25, 0.3) is 0 Å². The summed E-state index contributed by atoms with van der Waals surface area (Å²) in [5.74, 6) is 0. The quantitative estimate of drug-likeness (QED) is 0.702. The van der Waals surface area contributed by atoms with Crippen LogP contribution in [0, 0.1) is 3.57 Å². The average molecular weight is 361 g/mol. The molecule has 0 aliphatic carbocycles. The first-order valence-electron chi connectivity index (χ1n) is 6.02. The van der Waals surface area contributed by atoms with Crippen LogP contribution in [0.1, 0.15) is 17.2 Å². The number of nitrogens with zero attached hydrogens (tertiary/aromatic N) is 1. The van der Waals surface area contributed by atoms with Gasteiger partial charge in [0.05, 0.1) is 0 Å². The Kier molecular flexibility index (Phi) is 3.48. The topological polar surface area (TPSA) is 33.1 Å². The van der Waals surface area contributed by atoms with Crippen molar-refractivity contribution in [2.24, 2.45) is 0 Å². The number of rotatable bonds is 2. The third kappa shape index (κ3) is 2.48. The molecular formula is C16H12INO. The smallest absolute Gasteiger partial charge is 0.105 e. The zero-order valence-corrected chi connectivity index (χ0v) is 12.3. The molecule has 3 rings (SSSR count). The van der Waals surface area contributed by atoms with Gasteiger partial charge in [0.15, 0.2) is 0 Å². The molecule has 2 aromatic carbocycles. The lowest BCUT2D eigenvalue weighted by Crippen LogP contribution is -2.00. The summed E-state index contributed by atoms with van der Waals surface area (Å²) in [6.07, 6.45) is 2.97. The van der Waals surface area contributed by atoms with Crippen molar-refractivity contribution in [3.05, 3.63) is 75.6 Å². The Morgan fingerprint density at radius 3 is 2.58 bits per heavy atom. The van der Waals surface area contributed by atoms with E-state index >= 15 is 0 Å². The summed E-state index contributed by atoms with van der Waals surface area (Å²) in [5, 5.41) is 12.6. The second kappa shape index (κ2) is 5.27. The fourth-order valence-electron chi connectivity index (χ4n) is 2.21. The number of aliphatic hydroxyl groups is 1. The normalized spacial score (nSPS) is 12.5. The predicted molar refractivity (Wildman–Crippen MR) is 85.0 cm³/mol. The molecule has 0 spiro atoms. The number of fused-ring (bicyclic) bond motifs is 1. The van der Waals surface area contributed by atoms with E-state index < -0.39 is 6.10 Å². The molecule has 0 aliphatic rings. The van der Waals surface area contributed by atoms with Crippen molar-refractivity contribution in [1.29, 1.82) is 0 Å². The molecule has 1 atom stereocenters. The first kappa shape index (κ1) is 12.6. The fourth-order valence-corrected chi connectivity index (χ4v) is 2.57. The molecule has 0 fully saturated rings. The second-order valence-corrected chi connectivity index (χ2v) is 5.64. The minimum absolute atomic E-state index is 0.608. The zero-order valence-electron chi connectivity index (χ0n) is 10.1. The van der Waals surface area contributed by atoms with Crippen molar-refractivity contribution >= 4 is 33.4 Å². The SMILES string of the molecule is OC(c1ccc(I)cc1)c1cccc2cnccc12. The monoisotopic (exact) mass is 361 g/mol. The van der Waals surface area contributed by atoms with Crippen LogP contribution in [-0.2, 0) is 0 Å². The van der Waals surface area contributed by atoms with Gasteiger partial charge in [-0.15, -0.1) is 0 Å². The van der Waals surface area contributed by atoms with E-state index in [0.29, 0.717) is 0 Å². The van der Waals surface area contributed by atoms with E-state index in [1.165, 1.54) is 0 Å². The van der Waals surface area contributed by atoms with Crippen LogP contribution in [0.4, 0.5) is 0 Å². The molecule has 94 valence electrons. The highest BCUT2D eigenvalue weighted by Crippen LogP contribution is 2.28. The Hall–Kier alpha value is -1.46. The van der Waals surface area contributed by atoms with Gasteiger partial charge in [-0.1, -0.05) is 30.3 Å². The van der Waals surface area contributed by atoms with Gasteiger partial charge in [0.2, 0.25) is 0 Å². The molecule has 0 saturated heterocycles. The van der Waals surface area contributed by atoms with E-state index in [4.69, 9.17) is 0 Å². The van der Waals surface area contributed by atoms with Crippen molar-refractivity contribution in [2.75, 3.05) is 0 Å². The van der Waals surface area contributed by atoms with Gasteiger partial charge < -0.3 is 5.11 Å². The molecule has 0 amide bonds. The van der Waals surface area contributed by atoms with Crippen molar-refractivity contribution < 1.29 is 5.11 Å². The minimum atomic E-state index is -0.608. The van der Waals surface area contributed by atoms with Gasteiger partial charge in [-0.25, -0.2) is 0 Å². The Balaban J connectivity index is 2.11. The number of hydrogen-bond donors (Lipinski definition) is 1. The first-order chi connectivity index (χ1) is 9.25. The Bertz CT molecular complexity index is 704. The number of benzene rings is 2. The van der Waals surface area contributed by atoms with Crippen molar-refractivity contribution in [3.63, 3.8) is 0 Å². The summed E-state index contributed by atoms with van der Waals surface area (Å²) in [6.45, 7) is 0. The fraction of sp³-hybridized carbons (Fsp3) is 0.0625. The third-order valence-corrected chi connectivity index (χ3v) is 3.91. The van der Waals surface area contributed by atoms with E-state index in [0.717, 1.165) is 25.5 Å². The molecule has 1 heterocycles. The van der Waals surface area contributed by atoms with Crippen LogP contribution in [0.25, 0.3) is 10.8 Å². The van der Waals surface area contributed by atoms with E-state index in [1.54, 1.807) is 6.20 Å². The molecule has 3 aromatic rings. The number of aromatic nitrogens is 1. The van der Waals surface area contributed by atoms with Gasteiger partial charge >= 0.3 is 0 Å².